The summed E-state index contributed by atoms with van der Waals surface area (Å²) in [5.41, 5.74) is 0.828. The molecular formula is C16H16ClN5O2S2. The molecule has 1 aliphatic heterocycles. The van der Waals surface area contributed by atoms with E-state index in [2.05, 4.69) is 25.7 Å². The smallest absolute Gasteiger partial charge is 0.237 e. The molecule has 1 fully saturated rings. The van der Waals surface area contributed by atoms with E-state index in [1.165, 1.54) is 23.1 Å². The Morgan fingerprint density at radius 1 is 1.35 bits per heavy atom. The molecule has 3 heterocycles. The lowest BCUT2D eigenvalue weighted by Crippen LogP contribution is -2.18. The summed E-state index contributed by atoms with van der Waals surface area (Å²) in [6, 6.07) is 7.36. The summed E-state index contributed by atoms with van der Waals surface area (Å²) in [6.45, 7) is 1.62. The Hall–Kier alpha value is -1.68. The Morgan fingerprint density at radius 3 is 3.15 bits per heavy atom. The topological polar surface area (TPSA) is 86.0 Å². The Kier molecular flexibility index (Phi) is 5.68. The molecular weight excluding hydrogens is 394 g/mol. The highest BCUT2D eigenvalue weighted by atomic mass is 35.5. The minimum atomic E-state index is 0.276. The molecule has 10 heteroatoms. The number of ether oxygens (including phenoxy) is 1. The average Bonchev–Trinajstić information content (AvgIpc) is 3.39. The highest BCUT2D eigenvalue weighted by Gasteiger charge is 2.16. The Bertz CT molecular complexity index is 866. The van der Waals surface area contributed by atoms with E-state index in [1.807, 2.05) is 18.2 Å². The van der Waals surface area contributed by atoms with Gasteiger partial charge in [-0.25, -0.2) is 0 Å². The van der Waals surface area contributed by atoms with Crippen LogP contribution in [0.4, 0.5) is 5.13 Å². The number of benzene rings is 1. The van der Waals surface area contributed by atoms with Crippen LogP contribution in [-0.4, -0.2) is 39.6 Å². The number of nitrogens with one attached hydrogen (secondary N) is 1. The standard InChI is InChI=1S/C16H16ClN5O2S2/c17-11-4-1-3-10(7-11)14-19-13(24-22-14)9-25-16-21-20-15(26-16)18-8-12-5-2-6-23-12/h1,3-4,7,12H,2,5-6,8-9H2,(H,18,20)/t12-/m0/s1. The van der Waals surface area contributed by atoms with Crippen LogP contribution in [0.15, 0.2) is 33.1 Å². The second kappa shape index (κ2) is 8.34. The maximum atomic E-state index is 5.99. The fourth-order valence-electron chi connectivity index (χ4n) is 2.53. The van der Waals surface area contributed by atoms with E-state index in [0.717, 1.165) is 41.0 Å². The number of nitrogens with zero attached hydrogens (tertiary/aromatic N) is 4. The van der Waals surface area contributed by atoms with Gasteiger partial charge >= 0.3 is 0 Å². The molecule has 1 atom stereocenters. The third kappa shape index (κ3) is 4.53. The van der Waals surface area contributed by atoms with Crippen molar-refractivity contribution in [2.24, 2.45) is 0 Å². The Balaban J connectivity index is 1.30. The average molecular weight is 410 g/mol. The van der Waals surface area contributed by atoms with Crippen LogP contribution in [0, 0.1) is 0 Å². The lowest BCUT2D eigenvalue weighted by molar-refractivity contribution is 0.120. The molecule has 0 aliphatic carbocycles. The lowest BCUT2D eigenvalue weighted by atomic mass is 10.2. The van der Waals surface area contributed by atoms with Gasteiger partial charge in [-0.05, 0) is 25.0 Å². The molecule has 0 radical (unpaired) electrons. The number of anilines is 1. The maximum Gasteiger partial charge on any atom is 0.237 e. The maximum absolute atomic E-state index is 5.99. The fraction of sp³-hybridized carbons (Fsp3) is 0.375. The van der Waals surface area contributed by atoms with Crippen molar-refractivity contribution in [3.8, 4) is 11.4 Å². The molecule has 1 aliphatic rings. The van der Waals surface area contributed by atoms with Gasteiger partial charge in [-0.2, -0.15) is 4.98 Å². The summed E-state index contributed by atoms with van der Waals surface area (Å²) in [5, 5.41) is 17.0. The summed E-state index contributed by atoms with van der Waals surface area (Å²) < 4.78 is 11.7. The summed E-state index contributed by atoms with van der Waals surface area (Å²) >= 11 is 9.02. The molecule has 0 saturated carbocycles. The quantitative estimate of drug-likeness (QED) is 0.583. The number of rotatable bonds is 7. The second-order valence-electron chi connectivity index (χ2n) is 5.70. The van der Waals surface area contributed by atoms with E-state index in [9.17, 15) is 0 Å². The van der Waals surface area contributed by atoms with Crippen LogP contribution in [0.5, 0.6) is 0 Å². The SMILES string of the molecule is Clc1cccc(-c2noc(CSc3nnc(NC[C@@H]4CCCO4)s3)n2)c1. The van der Waals surface area contributed by atoms with Gasteiger partial charge in [0.2, 0.25) is 16.8 Å². The molecule has 0 bridgehead atoms. The largest absolute Gasteiger partial charge is 0.376 e. The predicted octanol–water partition coefficient (Wildman–Crippen LogP) is 4.12. The lowest BCUT2D eigenvalue weighted by Gasteiger charge is -2.08. The van der Waals surface area contributed by atoms with Crippen molar-refractivity contribution in [2.45, 2.75) is 29.0 Å². The highest BCUT2D eigenvalue weighted by molar-refractivity contribution is 8.00. The van der Waals surface area contributed by atoms with Gasteiger partial charge in [0.05, 0.1) is 11.9 Å². The van der Waals surface area contributed by atoms with E-state index in [4.69, 9.17) is 20.9 Å². The van der Waals surface area contributed by atoms with E-state index < -0.39 is 0 Å². The number of aromatic nitrogens is 4. The predicted molar refractivity (Wildman–Crippen MR) is 102 cm³/mol. The Labute approximate surface area is 163 Å². The first-order valence-corrected chi connectivity index (χ1v) is 10.3. The second-order valence-corrected chi connectivity index (χ2v) is 8.34. The molecule has 2 aromatic heterocycles. The minimum absolute atomic E-state index is 0.276. The van der Waals surface area contributed by atoms with Crippen molar-refractivity contribution in [1.29, 1.82) is 0 Å². The van der Waals surface area contributed by atoms with Crippen molar-refractivity contribution in [2.75, 3.05) is 18.5 Å². The normalized spacial score (nSPS) is 16.9. The van der Waals surface area contributed by atoms with Crippen molar-refractivity contribution >= 4 is 39.8 Å². The van der Waals surface area contributed by atoms with Crippen LogP contribution >= 0.6 is 34.7 Å². The zero-order valence-electron chi connectivity index (χ0n) is 13.7. The van der Waals surface area contributed by atoms with Crippen LogP contribution in [0.1, 0.15) is 18.7 Å². The summed E-state index contributed by atoms with van der Waals surface area (Å²) in [6.07, 6.45) is 2.50. The molecule has 7 nitrogen and oxygen atoms in total. The number of hydrogen-bond acceptors (Lipinski definition) is 9. The summed E-state index contributed by atoms with van der Waals surface area (Å²) in [5.74, 6) is 1.60. The van der Waals surface area contributed by atoms with Gasteiger partial charge in [0, 0.05) is 23.7 Å². The van der Waals surface area contributed by atoms with Crippen molar-refractivity contribution in [1.82, 2.24) is 20.3 Å². The zero-order valence-corrected chi connectivity index (χ0v) is 16.1. The molecule has 1 N–H and O–H groups in total. The van der Waals surface area contributed by atoms with Crippen LogP contribution in [0.3, 0.4) is 0 Å². The van der Waals surface area contributed by atoms with Gasteiger partial charge in [0.15, 0.2) is 4.34 Å². The molecule has 0 amide bonds. The van der Waals surface area contributed by atoms with Crippen molar-refractivity contribution in [3.63, 3.8) is 0 Å². The number of halogens is 1. The van der Waals surface area contributed by atoms with Crippen LogP contribution < -0.4 is 5.32 Å². The molecule has 0 spiro atoms. The van der Waals surface area contributed by atoms with Gasteiger partial charge in [-0.3, -0.25) is 0 Å². The van der Waals surface area contributed by atoms with E-state index in [0.29, 0.717) is 22.5 Å². The molecule has 1 aromatic carbocycles. The molecule has 3 aromatic rings. The zero-order chi connectivity index (χ0) is 17.8. The first-order valence-electron chi connectivity index (χ1n) is 8.16. The summed E-state index contributed by atoms with van der Waals surface area (Å²) in [4.78, 5) is 4.40. The first kappa shape index (κ1) is 17.7. The van der Waals surface area contributed by atoms with Gasteiger partial charge in [-0.1, -0.05) is 52.0 Å². The molecule has 26 heavy (non-hydrogen) atoms. The highest BCUT2D eigenvalue weighted by Crippen LogP contribution is 2.29. The summed E-state index contributed by atoms with van der Waals surface area (Å²) in [7, 11) is 0. The van der Waals surface area contributed by atoms with E-state index in [-0.39, 0.29) is 6.10 Å². The molecule has 136 valence electrons. The Morgan fingerprint density at radius 2 is 2.31 bits per heavy atom. The van der Waals surface area contributed by atoms with Crippen LogP contribution in [0.2, 0.25) is 5.02 Å². The minimum Gasteiger partial charge on any atom is -0.376 e. The van der Waals surface area contributed by atoms with Crippen LogP contribution in [-0.2, 0) is 10.5 Å². The van der Waals surface area contributed by atoms with Crippen molar-refractivity contribution in [3.05, 3.63) is 35.2 Å². The van der Waals surface area contributed by atoms with Gasteiger partial charge in [0.1, 0.15) is 0 Å². The molecule has 4 rings (SSSR count). The molecule has 1 saturated heterocycles. The van der Waals surface area contributed by atoms with Crippen molar-refractivity contribution < 1.29 is 9.26 Å². The number of thioether (sulfide) groups is 1. The fourth-order valence-corrected chi connectivity index (χ4v) is 4.31. The number of hydrogen-bond donors (Lipinski definition) is 1. The monoisotopic (exact) mass is 409 g/mol. The van der Waals surface area contributed by atoms with E-state index >= 15 is 0 Å². The van der Waals surface area contributed by atoms with Gasteiger partial charge in [0.25, 0.3) is 0 Å². The first-order chi connectivity index (χ1) is 12.8. The third-order valence-electron chi connectivity index (χ3n) is 3.78. The van der Waals surface area contributed by atoms with E-state index in [1.54, 1.807) is 6.07 Å². The van der Waals surface area contributed by atoms with Crippen LogP contribution in [0.25, 0.3) is 11.4 Å². The third-order valence-corrected chi connectivity index (χ3v) is 6.02. The molecule has 0 unspecified atom stereocenters. The van der Waals surface area contributed by atoms with Gasteiger partial charge in [-0.15, -0.1) is 10.2 Å². The van der Waals surface area contributed by atoms with Gasteiger partial charge < -0.3 is 14.6 Å².